The van der Waals surface area contributed by atoms with E-state index in [1.807, 2.05) is 0 Å². The van der Waals surface area contributed by atoms with E-state index in [0.717, 1.165) is 0 Å². The average Bonchev–Trinajstić information content (AvgIpc) is 2.56. The molecule has 0 bridgehead atoms. The molecule has 1 aromatic rings. The maximum absolute atomic E-state index is 11.1. The maximum atomic E-state index is 11.1. The Morgan fingerprint density at radius 2 is 2.36 bits per heavy atom. The Balaban J connectivity index is 2.80. The molecule has 0 radical (unpaired) electrons. The molecule has 0 aliphatic heterocycles. The molecule has 0 aliphatic carbocycles. The van der Waals surface area contributed by atoms with Crippen LogP contribution in [-0.2, 0) is 11.3 Å². The minimum Gasteiger partial charge on any atom is -0.464 e. The second-order valence-electron chi connectivity index (χ2n) is 2.82. The second-order valence-corrected chi connectivity index (χ2v) is 2.82. The van der Waals surface area contributed by atoms with E-state index in [9.17, 15) is 4.79 Å². The van der Waals surface area contributed by atoms with Gasteiger partial charge >= 0.3 is 5.97 Å². The van der Waals surface area contributed by atoms with Crippen LogP contribution in [0.5, 0.6) is 0 Å². The number of hydrogen-bond acceptors (Lipinski definition) is 5. The van der Waals surface area contributed by atoms with Gasteiger partial charge in [0.25, 0.3) is 0 Å². The Labute approximate surface area is 81.5 Å². The average molecular weight is 199 g/mol. The van der Waals surface area contributed by atoms with Gasteiger partial charge in [-0.1, -0.05) is 5.21 Å². The smallest absolute Gasteiger partial charge is 0.360 e. The molecule has 0 unspecified atom stereocenters. The molecule has 14 heavy (non-hydrogen) atoms. The Hall–Kier alpha value is -1.43. The van der Waals surface area contributed by atoms with Gasteiger partial charge in [-0.05, 0) is 13.3 Å². The first-order valence-electron chi connectivity index (χ1n) is 4.30. The number of hydrogen-bond donors (Lipinski definition) is 1. The third kappa shape index (κ3) is 2.08. The van der Waals surface area contributed by atoms with E-state index in [1.165, 1.54) is 7.11 Å². The second kappa shape index (κ2) is 4.71. The molecule has 1 heterocycles. The highest BCUT2D eigenvalue weighted by molar-refractivity contribution is 5.88. The van der Waals surface area contributed by atoms with E-state index in [0.29, 0.717) is 18.7 Å². The number of carbonyl (C=O) groups is 1. The van der Waals surface area contributed by atoms with Crippen molar-refractivity contribution in [3.63, 3.8) is 0 Å². The standard InChI is InChI=1S/C8H13N3O3/c1-6-7(8(13)14-2)9-10-11(6)4-3-5-12/h12H,3-5H2,1-2H3. The number of aryl methyl sites for hydroxylation is 1. The van der Waals surface area contributed by atoms with E-state index in [4.69, 9.17) is 5.11 Å². The Morgan fingerprint density at radius 1 is 1.64 bits per heavy atom. The number of esters is 1. The van der Waals surface area contributed by atoms with E-state index in [1.54, 1.807) is 11.6 Å². The Kier molecular flexibility index (Phi) is 3.58. The lowest BCUT2D eigenvalue weighted by atomic mass is 10.3. The zero-order valence-corrected chi connectivity index (χ0v) is 8.23. The van der Waals surface area contributed by atoms with Crippen molar-refractivity contribution < 1.29 is 14.6 Å². The topological polar surface area (TPSA) is 77.2 Å². The molecule has 0 spiro atoms. The highest BCUT2D eigenvalue weighted by Gasteiger charge is 2.15. The van der Waals surface area contributed by atoms with Crippen molar-refractivity contribution >= 4 is 5.97 Å². The number of ether oxygens (including phenoxy) is 1. The molecule has 6 heteroatoms. The minimum atomic E-state index is -0.488. The highest BCUT2D eigenvalue weighted by Crippen LogP contribution is 2.05. The highest BCUT2D eigenvalue weighted by atomic mass is 16.5. The van der Waals surface area contributed by atoms with E-state index < -0.39 is 5.97 Å². The summed E-state index contributed by atoms with van der Waals surface area (Å²) in [6, 6.07) is 0. The fourth-order valence-electron chi connectivity index (χ4n) is 1.08. The molecule has 0 aliphatic rings. The zero-order chi connectivity index (χ0) is 10.6. The van der Waals surface area contributed by atoms with Crippen LogP contribution in [0.25, 0.3) is 0 Å². The van der Waals surface area contributed by atoms with Crippen LogP contribution >= 0.6 is 0 Å². The van der Waals surface area contributed by atoms with Crippen LogP contribution in [0.1, 0.15) is 22.6 Å². The number of aliphatic hydroxyl groups is 1. The van der Waals surface area contributed by atoms with Gasteiger partial charge in [-0.2, -0.15) is 0 Å². The largest absolute Gasteiger partial charge is 0.464 e. The van der Waals surface area contributed by atoms with Gasteiger partial charge in [0.15, 0.2) is 5.69 Å². The van der Waals surface area contributed by atoms with Crippen LogP contribution < -0.4 is 0 Å². The van der Waals surface area contributed by atoms with Gasteiger partial charge in [-0.15, -0.1) is 5.10 Å². The first kappa shape index (κ1) is 10.6. The Bertz CT molecular complexity index is 322. The summed E-state index contributed by atoms with van der Waals surface area (Å²) in [5.41, 5.74) is 0.885. The fraction of sp³-hybridized carbons (Fsp3) is 0.625. The van der Waals surface area contributed by atoms with Gasteiger partial charge in [0.05, 0.1) is 12.8 Å². The number of aliphatic hydroxyl groups excluding tert-OH is 1. The molecule has 0 saturated heterocycles. The number of nitrogens with zero attached hydrogens (tertiary/aromatic N) is 3. The van der Waals surface area contributed by atoms with Crippen LogP contribution in [0.3, 0.4) is 0 Å². The van der Waals surface area contributed by atoms with Crippen molar-refractivity contribution in [1.29, 1.82) is 0 Å². The van der Waals surface area contributed by atoms with Gasteiger partial charge in [-0.25, -0.2) is 9.48 Å². The van der Waals surface area contributed by atoms with Gasteiger partial charge in [0.2, 0.25) is 0 Å². The summed E-state index contributed by atoms with van der Waals surface area (Å²) in [6.07, 6.45) is 0.588. The summed E-state index contributed by atoms with van der Waals surface area (Å²) < 4.78 is 6.10. The summed E-state index contributed by atoms with van der Waals surface area (Å²) in [5.74, 6) is -0.488. The van der Waals surface area contributed by atoms with Crippen LogP contribution in [0, 0.1) is 6.92 Å². The van der Waals surface area contributed by atoms with Crippen LogP contribution in [0.4, 0.5) is 0 Å². The molecule has 1 rings (SSSR count). The molecule has 1 N–H and O–H groups in total. The first-order valence-corrected chi connectivity index (χ1v) is 4.30. The number of aromatic nitrogens is 3. The molecule has 0 aromatic carbocycles. The summed E-state index contributed by atoms with van der Waals surface area (Å²) in [4.78, 5) is 11.1. The number of carbonyl (C=O) groups excluding carboxylic acids is 1. The molecule has 0 saturated carbocycles. The lowest BCUT2D eigenvalue weighted by Crippen LogP contribution is -2.07. The molecular formula is C8H13N3O3. The first-order chi connectivity index (χ1) is 6.70. The zero-order valence-electron chi connectivity index (χ0n) is 8.23. The van der Waals surface area contributed by atoms with Crippen molar-refractivity contribution in [2.75, 3.05) is 13.7 Å². The summed E-state index contributed by atoms with van der Waals surface area (Å²) in [6.45, 7) is 2.38. The van der Waals surface area contributed by atoms with Crippen molar-refractivity contribution in [3.05, 3.63) is 11.4 Å². The monoisotopic (exact) mass is 199 g/mol. The van der Waals surface area contributed by atoms with Crippen LogP contribution in [-0.4, -0.2) is 39.8 Å². The molecular weight excluding hydrogens is 186 g/mol. The van der Waals surface area contributed by atoms with Gasteiger partial charge in [-0.3, -0.25) is 0 Å². The van der Waals surface area contributed by atoms with Crippen molar-refractivity contribution in [1.82, 2.24) is 15.0 Å². The molecule has 1 aromatic heterocycles. The summed E-state index contributed by atoms with van der Waals surface area (Å²) in [5, 5.41) is 16.1. The van der Waals surface area contributed by atoms with Crippen molar-refractivity contribution in [3.8, 4) is 0 Å². The van der Waals surface area contributed by atoms with Crippen molar-refractivity contribution in [2.45, 2.75) is 19.9 Å². The third-order valence-corrected chi connectivity index (χ3v) is 1.89. The quantitative estimate of drug-likeness (QED) is 0.677. The van der Waals surface area contributed by atoms with Crippen molar-refractivity contribution in [2.24, 2.45) is 0 Å². The molecule has 78 valence electrons. The van der Waals surface area contributed by atoms with E-state index in [2.05, 4.69) is 15.0 Å². The number of methoxy groups -OCH3 is 1. The van der Waals surface area contributed by atoms with E-state index >= 15 is 0 Å². The lowest BCUT2D eigenvalue weighted by molar-refractivity contribution is 0.0593. The lowest BCUT2D eigenvalue weighted by Gasteiger charge is -2.00. The maximum Gasteiger partial charge on any atom is 0.360 e. The summed E-state index contributed by atoms with van der Waals surface area (Å²) in [7, 11) is 1.30. The fourth-order valence-corrected chi connectivity index (χ4v) is 1.08. The van der Waals surface area contributed by atoms with Gasteiger partial charge in [0.1, 0.15) is 0 Å². The number of rotatable bonds is 4. The third-order valence-electron chi connectivity index (χ3n) is 1.89. The molecule has 0 atom stereocenters. The molecule has 0 fully saturated rings. The predicted molar refractivity (Wildman–Crippen MR) is 47.8 cm³/mol. The SMILES string of the molecule is COC(=O)c1nnn(CCCO)c1C. The molecule has 0 amide bonds. The van der Waals surface area contributed by atoms with Crippen LogP contribution in [0.2, 0.25) is 0 Å². The summed E-state index contributed by atoms with van der Waals surface area (Å²) >= 11 is 0. The normalized spacial score (nSPS) is 10.2. The minimum absolute atomic E-state index is 0.0901. The predicted octanol–water partition coefficient (Wildman–Crippen LogP) is -0.244. The van der Waals surface area contributed by atoms with E-state index in [-0.39, 0.29) is 12.3 Å². The van der Waals surface area contributed by atoms with Crippen LogP contribution in [0.15, 0.2) is 0 Å². The Morgan fingerprint density at radius 3 is 2.93 bits per heavy atom. The molecule has 6 nitrogen and oxygen atoms in total. The van der Waals surface area contributed by atoms with Gasteiger partial charge < -0.3 is 9.84 Å². The van der Waals surface area contributed by atoms with Gasteiger partial charge in [0, 0.05) is 13.2 Å².